The van der Waals surface area contributed by atoms with Crippen molar-refractivity contribution >= 4 is 6.29 Å². The molecule has 2 rings (SSSR count). The Hall–Kier alpha value is -1.90. The summed E-state index contributed by atoms with van der Waals surface area (Å²) in [5.74, 6) is 0. The zero-order valence-electron chi connectivity index (χ0n) is 9.47. The fourth-order valence-corrected chi connectivity index (χ4v) is 1.72. The number of hydrogen-bond acceptors (Lipinski definition) is 2. The molecule has 0 aliphatic carbocycles. The number of carbonyl (C=O) groups is 1. The molecule has 16 heavy (non-hydrogen) atoms. The van der Waals surface area contributed by atoms with Gasteiger partial charge in [0, 0.05) is 18.8 Å². The first-order chi connectivity index (χ1) is 7.74. The van der Waals surface area contributed by atoms with Gasteiger partial charge in [-0.15, -0.1) is 0 Å². The Morgan fingerprint density at radius 1 is 1.31 bits per heavy atom. The smallest absolute Gasteiger partial charge is 0.153 e. The van der Waals surface area contributed by atoms with E-state index >= 15 is 0 Å². The van der Waals surface area contributed by atoms with Crippen LogP contribution in [0.4, 0.5) is 0 Å². The monoisotopic (exact) mass is 214 g/mol. The van der Waals surface area contributed by atoms with Gasteiger partial charge in [0.15, 0.2) is 6.29 Å². The second kappa shape index (κ2) is 4.31. The lowest BCUT2D eigenvalue weighted by Gasteiger charge is -2.00. The molecule has 1 aromatic heterocycles. The van der Waals surface area contributed by atoms with Gasteiger partial charge in [0.05, 0.1) is 5.56 Å². The Morgan fingerprint density at radius 3 is 2.56 bits per heavy atom. The molecule has 3 nitrogen and oxygen atoms in total. The predicted molar refractivity (Wildman–Crippen MR) is 63.4 cm³/mol. The van der Waals surface area contributed by atoms with Gasteiger partial charge in [0.2, 0.25) is 0 Å². The maximum absolute atomic E-state index is 10.9. The zero-order valence-corrected chi connectivity index (χ0v) is 9.47. The highest BCUT2D eigenvalue weighted by Gasteiger charge is 2.08. The summed E-state index contributed by atoms with van der Waals surface area (Å²) in [6.45, 7) is 2.12. The summed E-state index contributed by atoms with van der Waals surface area (Å²) in [4.78, 5) is 10.9. The molecular formula is C13H14N2O. The summed E-state index contributed by atoms with van der Waals surface area (Å²) in [6, 6.07) is 8.15. The molecule has 2 aromatic rings. The fourth-order valence-electron chi connectivity index (χ4n) is 1.72. The van der Waals surface area contributed by atoms with Gasteiger partial charge < -0.3 is 0 Å². The highest BCUT2D eigenvalue weighted by molar-refractivity contribution is 5.85. The van der Waals surface area contributed by atoms with E-state index in [-0.39, 0.29) is 0 Å². The molecule has 1 aromatic carbocycles. The molecule has 82 valence electrons. The molecule has 0 aliphatic rings. The number of aromatic nitrogens is 2. The molecule has 0 unspecified atom stereocenters. The van der Waals surface area contributed by atoms with Crippen LogP contribution >= 0.6 is 0 Å². The van der Waals surface area contributed by atoms with E-state index in [4.69, 9.17) is 0 Å². The predicted octanol–water partition coefficient (Wildman–Crippen LogP) is 2.46. The summed E-state index contributed by atoms with van der Waals surface area (Å²) in [6.07, 6.45) is 3.59. The number of benzene rings is 1. The largest absolute Gasteiger partial charge is 0.298 e. The minimum atomic E-state index is 0.631. The Balaban J connectivity index is 2.45. The molecule has 0 amide bonds. The van der Waals surface area contributed by atoms with Gasteiger partial charge in [-0.25, -0.2) is 0 Å². The average Bonchev–Trinajstić information content (AvgIpc) is 2.70. The van der Waals surface area contributed by atoms with E-state index in [0.29, 0.717) is 5.56 Å². The molecule has 3 heteroatoms. The third-order valence-electron chi connectivity index (χ3n) is 2.62. The van der Waals surface area contributed by atoms with Gasteiger partial charge in [0.25, 0.3) is 0 Å². The molecular weight excluding hydrogens is 200 g/mol. The van der Waals surface area contributed by atoms with E-state index in [1.807, 2.05) is 19.2 Å². The third-order valence-corrected chi connectivity index (χ3v) is 2.62. The first-order valence-electron chi connectivity index (χ1n) is 5.32. The van der Waals surface area contributed by atoms with Gasteiger partial charge in [-0.05, 0) is 12.0 Å². The summed E-state index contributed by atoms with van der Waals surface area (Å²) in [5.41, 5.74) is 3.65. The molecule has 0 spiro atoms. The Bertz CT molecular complexity index is 497. The van der Waals surface area contributed by atoms with Gasteiger partial charge >= 0.3 is 0 Å². The van der Waals surface area contributed by atoms with E-state index < -0.39 is 0 Å². The van der Waals surface area contributed by atoms with E-state index in [9.17, 15) is 4.79 Å². The maximum Gasteiger partial charge on any atom is 0.153 e. The van der Waals surface area contributed by atoms with Crippen LogP contribution in [0.2, 0.25) is 0 Å². The van der Waals surface area contributed by atoms with Crippen molar-refractivity contribution in [1.29, 1.82) is 0 Å². The highest BCUT2D eigenvalue weighted by Crippen LogP contribution is 2.21. The van der Waals surface area contributed by atoms with Crippen LogP contribution in [0, 0.1) is 0 Å². The average molecular weight is 214 g/mol. The molecule has 0 saturated heterocycles. The van der Waals surface area contributed by atoms with Gasteiger partial charge in [0.1, 0.15) is 5.69 Å². The van der Waals surface area contributed by atoms with Crippen molar-refractivity contribution in [2.24, 2.45) is 7.05 Å². The van der Waals surface area contributed by atoms with Crippen molar-refractivity contribution in [1.82, 2.24) is 9.78 Å². The lowest BCUT2D eigenvalue weighted by atomic mass is 10.1. The minimum Gasteiger partial charge on any atom is -0.298 e. The summed E-state index contributed by atoms with van der Waals surface area (Å²) in [7, 11) is 1.82. The number of hydrogen-bond donors (Lipinski definition) is 0. The minimum absolute atomic E-state index is 0.631. The lowest BCUT2D eigenvalue weighted by Crippen LogP contribution is -1.88. The summed E-state index contributed by atoms with van der Waals surface area (Å²) in [5, 5.41) is 4.29. The molecule has 0 bridgehead atoms. The molecule has 0 atom stereocenters. The molecule has 0 aliphatic heterocycles. The van der Waals surface area contributed by atoms with Gasteiger partial charge in [-0.2, -0.15) is 5.10 Å². The van der Waals surface area contributed by atoms with Crippen LogP contribution < -0.4 is 0 Å². The molecule has 0 N–H and O–H groups in total. The zero-order chi connectivity index (χ0) is 11.5. The number of rotatable bonds is 3. The van der Waals surface area contributed by atoms with E-state index in [1.54, 1.807) is 10.9 Å². The second-order valence-electron chi connectivity index (χ2n) is 3.78. The van der Waals surface area contributed by atoms with Crippen LogP contribution in [0.3, 0.4) is 0 Å². The van der Waals surface area contributed by atoms with Gasteiger partial charge in [-0.3, -0.25) is 9.48 Å². The highest BCUT2D eigenvalue weighted by atomic mass is 16.1. The Morgan fingerprint density at radius 2 is 2.00 bits per heavy atom. The van der Waals surface area contributed by atoms with Crippen molar-refractivity contribution in [2.45, 2.75) is 13.3 Å². The number of nitrogens with zero attached hydrogens (tertiary/aromatic N) is 2. The summed E-state index contributed by atoms with van der Waals surface area (Å²) >= 11 is 0. The van der Waals surface area contributed by atoms with Gasteiger partial charge in [-0.1, -0.05) is 31.2 Å². The van der Waals surface area contributed by atoms with Crippen LogP contribution in [0.5, 0.6) is 0 Å². The van der Waals surface area contributed by atoms with E-state index in [2.05, 4.69) is 24.2 Å². The van der Waals surface area contributed by atoms with Crippen molar-refractivity contribution in [2.75, 3.05) is 0 Å². The first kappa shape index (κ1) is 10.6. The summed E-state index contributed by atoms with van der Waals surface area (Å²) < 4.78 is 1.66. The Kier molecular flexibility index (Phi) is 2.86. The Labute approximate surface area is 94.7 Å². The van der Waals surface area contributed by atoms with Crippen molar-refractivity contribution in [3.63, 3.8) is 0 Å². The van der Waals surface area contributed by atoms with Crippen LogP contribution in [0.25, 0.3) is 11.3 Å². The van der Waals surface area contributed by atoms with Crippen LogP contribution in [0.15, 0.2) is 30.5 Å². The number of aryl methyl sites for hydroxylation is 2. The quantitative estimate of drug-likeness (QED) is 0.736. The van der Waals surface area contributed by atoms with Crippen LogP contribution in [-0.2, 0) is 13.5 Å². The standard InChI is InChI=1S/C13H14N2O/c1-3-10-4-6-11(7-5-10)13-12(9-16)8-15(2)14-13/h4-9H,3H2,1-2H3. The molecule has 0 fully saturated rings. The molecule has 1 heterocycles. The normalized spacial score (nSPS) is 10.4. The fraction of sp³-hybridized carbons (Fsp3) is 0.231. The van der Waals surface area contributed by atoms with Crippen molar-refractivity contribution in [3.05, 3.63) is 41.6 Å². The van der Waals surface area contributed by atoms with Crippen molar-refractivity contribution < 1.29 is 4.79 Å². The van der Waals surface area contributed by atoms with Crippen LogP contribution in [-0.4, -0.2) is 16.1 Å². The third kappa shape index (κ3) is 1.89. The number of aldehydes is 1. The number of carbonyl (C=O) groups excluding carboxylic acids is 1. The molecule has 0 radical (unpaired) electrons. The first-order valence-corrected chi connectivity index (χ1v) is 5.32. The van der Waals surface area contributed by atoms with Crippen LogP contribution in [0.1, 0.15) is 22.8 Å². The van der Waals surface area contributed by atoms with E-state index in [1.165, 1.54) is 5.56 Å². The topological polar surface area (TPSA) is 34.9 Å². The second-order valence-corrected chi connectivity index (χ2v) is 3.78. The maximum atomic E-state index is 10.9. The van der Waals surface area contributed by atoms with E-state index in [0.717, 1.165) is 24.0 Å². The van der Waals surface area contributed by atoms with Crippen molar-refractivity contribution in [3.8, 4) is 11.3 Å². The SMILES string of the molecule is CCc1ccc(-c2nn(C)cc2C=O)cc1. The lowest BCUT2D eigenvalue weighted by molar-refractivity contribution is 0.112. The molecule has 0 saturated carbocycles.